The van der Waals surface area contributed by atoms with Gasteiger partial charge in [-0.1, -0.05) is 31.4 Å². The molecule has 0 aromatic heterocycles. The maximum Gasteiger partial charge on any atom is 0.335 e. The van der Waals surface area contributed by atoms with Gasteiger partial charge in [0.1, 0.15) is 0 Å². The van der Waals surface area contributed by atoms with Gasteiger partial charge in [0.2, 0.25) is 0 Å². The highest BCUT2D eigenvalue weighted by Gasteiger charge is 2.29. The molecule has 2 rings (SSSR count). The third-order valence-corrected chi connectivity index (χ3v) is 6.55. The van der Waals surface area contributed by atoms with E-state index in [9.17, 15) is 19.4 Å². The van der Waals surface area contributed by atoms with Crippen LogP contribution in [0.3, 0.4) is 0 Å². The van der Waals surface area contributed by atoms with Crippen molar-refractivity contribution in [1.82, 2.24) is 5.32 Å². The minimum atomic E-state index is -2.65. The number of aliphatic hydroxyl groups excluding tert-OH is 1. The molecule has 7 heteroatoms. The molecule has 0 spiro atoms. The van der Waals surface area contributed by atoms with Gasteiger partial charge in [0.25, 0.3) is 0 Å². The zero-order chi connectivity index (χ0) is 18.9. The summed E-state index contributed by atoms with van der Waals surface area (Å²) in [6.45, 7) is 0.986. The fourth-order valence-corrected chi connectivity index (χ4v) is 4.98. The maximum absolute atomic E-state index is 11.7. The first-order valence-electron chi connectivity index (χ1n) is 9.41. The Morgan fingerprint density at radius 2 is 2.00 bits per heavy atom. The largest absolute Gasteiger partial charge is 0.478 e. The minimum Gasteiger partial charge on any atom is -0.478 e. The van der Waals surface area contributed by atoms with Crippen molar-refractivity contribution < 1.29 is 24.5 Å². The summed E-state index contributed by atoms with van der Waals surface area (Å²) in [6, 6.07) is 6.81. The highest BCUT2D eigenvalue weighted by molar-refractivity contribution is 7.38. The van der Waals surface area contributed by atoms with Crippen molar-refractivity contribution in [2.24, 2.45) is 5.92 Å². The number of hydrogen-bond donors (Lipinski definition) is 4. The van der Waals surface area contributed by atoms with Crippen molar-refractivity contribution >= 4 is 14.0 Å². The molecule has 1 aromatic rings. The molecule has 1 saturated carbocycles. The van der Waals surface area contributed by atoms with E-state index in [0.29, 0.717) is 25.9 Å². The Kier molecular flexibility index (Phi) is 8.79. The molecule has 1 fully saturated rings. The zero-order valence-corrected chi connectivity index (χ0v) is 16.1. The van der Waals surface area contributed by atoms with E-state index in [-0.39, 0.29) is 17.1 Å². The quantitative estimate of drug-likeness (QED) is 0.366. The van der Waals surface area contributed by atoms with E-state index in [0.717, 1.165) is 31.2 Å². The Balaban J connectivity index is 1.73. The van der Waals surface area contributed by atoms with Crippen LogP contribution in [0.2, 0.25) is 0 Å². The molecule has 6 nitrogen and oxygen atoms in total. The van der Waals surface area contributed by atoms with Crippen molar-refractivity contribution in [2.75, 3.05) is 13.1 Å². The third-order valence-electron chi connectivity index (χ3n) is 5.21. The first-order chi connectivity index (χ1) is 12.5. The molecule has 1 aromatic carbocycles. The standard InChI is InChI=1S/C19H30NO5P/c21-17(12-18(26(24)25)15-6-2-1-3-7-15)13-20-10-9-14-5-4-8-16(11-14)19(22)23/h4-5,8,11,15,17-18,20-21,26H,1-3,6-7,9-10,12-13H2,(H,22,23)(H,24,25)/t17-,18+/m0/s1. The predicted molar refractivity (Wildman–Crippen MR) is 102 cm³/mol. The fourth-order valence-electron chi connectivity index (χ4n) is 3.77. The fraction of sp³-hybridized carbons (Fsp3) is 0.632. The molecule has 3 atom stereocenters. The summed E-state index contributed by atoms with van der Waals surface area (Å²) in [6.07, 6.45) is 5.77. The first kappa shape index (κ1) is 21.1. The highest BCUT2D eigenvalue weighted by atomic mass is 31.1. The van der Waals surface area contributed by atoms with Crippen LogP contribution in [-0.2, 0) is 11.0 Å². The van der Waals surface area contributed by atoms with Crippen LogP contribution in [-0.4, -0.2) is 45.9 Å². The van der Waals surface area contributed by atoms with Crippen molar-refractivity contribution in [3.63, 3.8) is 0 Å². The topological polar surface area (TPSA) is 107 Å². The second kappa shape index (κ2) is 10.8. The number of carboxylic acids is 1. The van der Waals surface area contributed by atoms with Gasteiger partial charge in [0.15, 0.2) is 8.03 Å². The van der Waals surface area contributed by atoms with Gasteiger partial charge in [-0.3, -0.25) is 4.57 Å². The van der Waals surface area contributed by atoms with E-state index < -0.39 is 20.1 Å². The zero-order valence-electron chi connectivity index (χ0n) is 15.1. The average Bonchev–Trinajstić information content (AvgIpc) is 2.64. The van der Waals surface area contributed by atoms with Crippen LogP contribution in [0.5, 0.6) is 0 Å². The van der Waals surface area contributed by atoms with E-state index in [1.165, 1.54) is 6.42 Å². The van der Waals surface area contributed by atoms with E-state index in [2.05, 4.69) is 5.32 Å². The molecule has 26 heavy (non-hydrogen) atoms. The lowest BCUT2D eigenvalue weighted by atomic mass is 9.85. The van der Waals surface area contributed by atoms with Crippen molar-refractivity contribution in [1.29, 1.82) is 0 Å². The second-order valence-electron chi connectivity index (χ2n) is 7.19. The summed E-state index contributed by atoms with van der Waals surface area (Å²) in [4.78, 5) is 20.6. The number of hydrogen-bond acceptors (Lipinski definition) is 4. The Hall–Kier alpha value is -1.20. The first-order valence-corrected chi connectivity index (χ1v) is 10.8. The normalized spacial score (nSPS) is 19.0. The van der Waals surface area contributed by atoms with Crippen molar-refractivity contribution in [3.8, 4) is 0 Å². The van der Waals surface area contributed by atoms with Gasteiger partial charge in [-0.25, -0.2) is 4.79 Å². The van der Waals surface area contributed by atoms with E-state index >= 15 is 0 Å². The van der Waals surface area contributed by atoms with Gasteiger partial charge in [-0.15, -0.1) is 0 Å². The Morgan fingerprint density at radius 3 is 2.65 bits per heavy atom. The van der Waals surface area contributed by atoms with E-state index in [4.69, 9.17) is 5.11 Å². The lowest BCUT2D eigenvalue weighted by Gasteiger charge is -2.29. The molecule has 0 heterocycles. The number of aliphatic hydroxyl groups is 1. The molecular formula is C19H30NO5P. The molecule has 4 N–H and O–H groups in total. The van der Waals surface area contributed by atoms with Gasteiger partial charge >= 0.3 is 5.97 Å². The van der Waals surface area contributed by atoms with Gasteiger partial charge in [-0.2, -0.15) is 0 Å². The Morgan fingerprint density at radius 1 is 1.27 bits per heavy atom. The predicted octanol–water partition coefficient (Wildman–Crippen LogP) is 2.68. The van der Waals surface area contributed by atoms with Crippen LogP contribution in [0.25, 0.3) is 0 Å². The van der Waals surface area contributed by atoms with Gasteiger partial charge < -0.3 is 20.4 Å². The van der Waals surface area contributed by atoms with Crippen molar-refractivity contribution in [2.45, 2.75) is 56.7 Å². The lowest BCUT2D eigenvalue weighted by molar-refractivity contribution is 0.0696. The summed E-state index contributed by atoms with van der Waals surface area (Å²) in [5, 5.41) is 22.4. The summed E-state index contributed by atoms with van der Waals surface area (Å²) >= 11 is 0. The van der Waals surface area contributed by atoms with Crippen LogP contribution in [0.15, 0.2) is 24.3 Å². The number of rotatable bonds is 10. The highest BCUT2D eigenvalue weighted by Crippen LogP contribution is 2.40. The molecule has 0 aliphatic heterocycles. The minimum absolute atomic E-state index is 0.258. The van der Waals surface area contributed by atoms with Crippen LogP contribution >= 0.6 is 8.03 Å². The summed E-state index contributed by atoms with van der Waals surface area (Å²) < 4.78 is 11.7. The van der Waals surface area contributed by atoms with Gasteiger partial charge in [0.05, 0.1) is 11.7 Å². The molecule has 0 radical (unpaired) electrons. The molecule has 1 unspecified atom stereocenters. The number of nitrogens with one attached hydrogen (secondary N) is 1. The van der Waals surface area contributed by atoms with Gasteiger partial charge in [-0.05, 0) is 55.8 Å². The molecular weight excluding hydrogens is 353 g/mol. The Labute approximate surface area is 155 Å². The maximum atomic E-state index is 11.7. The monoisotopic (exact) mass is 383 g/mol. The van der Waals surface area contributed by atoms with Crippen LogP contribution in [0.4, 0.5) is 0 Å². The van der Waals surface area contributed by atoms with Crippen LogP contribution in [0.1, 0.15) is 54.4 Å². The average molecular weight is 383 g/mol. The van der Waals surface area contributed by atoms with Crippen molar-refractivity contribution in [3.05, 3.63) is 35.4 Å². The smallest absolute Gasteiger partial charge is 0.335 e. The SMILES string of the molecule is O=C(O)c1cccc(CCNC[C@@H](O)C[C@H](C2CCCCC2)[PH](=O)O)c1. The molecule has 0 bridgehead atoms. The number of carboxylic acid groups (broad SMARTS) is 1. The van der Waals surface area contributed by atoms with Crippen LogP contribution < -0.4 is 5.32 Å². The molecule has 146 valence electrons. The summed E-state index contributed by atoms with van der Waals surface area (Å²) in [5.74, 6) is -0.684. The van der Waals surface area contributed by atoms with Crippen LogP contribution in [0, 0.1) is 5.92 Å². The summed E-state index contributed by atoms with van der Waals surface area (Å²) in [7, 11) is -2.65. The molecule has 1 aliphatic carbocycles. The third kappa shape index (κ3) is 6.84. The Bertz CT molecular complexity index is 603. The number of carbonyl (C=O) groups is 1. The second-order valence-corrected chi connectivity index (χ2v) is 8.61. The number of benzene rings is 1. The van der Waals surface area contributed by atoms with E-state index in [1.54, 1.807) is 18.2 Å². The number of aromatic carboxylic acids is 1. The summed E-state index contributed by atoms with van der Waals surface area (Å²) in [5.41, 5.74) is 0.905. The molecule has 0 saturated heterocycles. The molecule has 0 amide bonds. The van der Waals surface area contributed by atoms with E-state index in [1.807, 2.05) is 6.07 Å². The molecule has 1 aliphatic rings. The lowest BCUT2D eigenvalue weighted by Crippen LogP contribution is -2.33. The van der Waals surface area contributed by atoms with Gasteiger partial charge in [0, 0.05) is 12.2 Å².